The minimum absolute atomic E-state index is 0.282. The number of carbonyl (C=O) groups excluding carboxylic acids is 1. The van der Waals surface area contributed by atoms with E-state index >= 15 is 0 Å². The Bertz CT molecular complexity index is 368. The molecule has 1 amide bonds. The van der Waals surface area contributed by atoms with Gasteiger partial charge in [0.1, 0.15) is 5.82 Å². The smallest absolute Gasteiger partial charge is 0.222 e. The summed E-state index contributed by atoms with van der Waals surface area (Å²) < 4.78 is 2.09. The lowest BCUT2D eigenvalue weighted by Gasteiger charge is -2.27. The molecule has 0 aromatic carbocycles. The van der Waals surface area contributed by atoms with Crippen LogP contribution in [0.1, 0.15) is 18.7 Å². The van der Waals surface area contributed by atoms with Gasteiger partial charge in [-0.3, -0.25) is 4.79 Å². The Morgan fingerprint density at radius 3 is 2.88 bits per heavy atom. The zero-order valence-corrected chi connectivity index (χ0v) is 10.4. The van der Waals surface area contributed by atoms with E-state index in [1.165, 1.54) is 0 Å². The average molecular weight is 236 g/mol. The number of hydrogen-bond donors (Lipinski definition) is 1. The molecule has 1 saturated heterocycles. The third-order valence-electron chi connectivity index (χ3n) is 3.18. The summed E-state index contributed by atoms with van der Waals surface area (Å²) >= 11 is 0. The van der Waals surface area contributed by atoms with Crippen LogP contribution in [0.25, 0.3) is 0 Å². The van der Waals surface area contributed by atoms with Crippen molar-refractivity contribution in [3.05, 3.63) is 18.2 Å². The molecule has 2 rings (SSSR count). The molecule has 0 aliphatic carbocycles. The standard InChI is InChI=1S/C12H20N4O/c1-11-14-6-10-15(11)7-2-3-12(17)16-8-4-13-5-9-16/h6,10,13H,2-5,7-9H2,1H3. The van der Waals surface area contributed by atoms with Gasteiger partial charge in [-0.1, -0.05) is 0 Å². The van der Waals surface area contributed by atoms with E-state index in [1.807, 2.05) is 18.0 Å². The van der Waals surface area contributed by atoms with Crippen LogP contribution in [0.2, 0.25) is 0 Å². The van der Waals surface area contributed by atoms with Gasteiger partial charge >= 0.3 is 0 Å². The lowest BCUT2D eigenvalue weighted by molar-refractivity contribution is -0.131. The van der Waals surface area contributed by atoms with Gasteiger partial charge in [0, 0.05) is 51.5 Å². The molecule has 0 radical (unpaired) electrons. The quantitative estimate of drug-likeness (QED) is 0.823. The zero-order chi connectivity index (χ0) is 12.1. The number of piperazine rings is 1. The molecular weight excluding hydrogens is 216 g/mol. The Hall–Kier alpha value is -1.36. The third kappa shape index (κ3) is 3.30. The first-order valence-electron chi connectivity index (χ1n) is 6.23. The van der Waals surface area contributed by atoms with Crippen LogP contribution in [-0.4, -0.2) is 46.5 Å². The Labute approximate surface area is 102 Å². The molecule has 2 heterocycles. The van der Waals surface area contributed by atoms with Crippen LogP contribution in [-0.2, 0) is 11.3 Å². The highest BCUT2D eigenvalue weighted by Gasteiger charge is 2.15. The minimum atomic E-state index is 0.282. The fourth-order valence-corrected chi connectivity index (χ4v) is 2.11. The van der Waals surface area contributed by atoms with Gasteiger partial charge in [0.15, 0.2) is 0 Å². The van der Waals surface area contributed by atoms with Gasteiger partial charge in [0.2, 0.25) is 5.91 Å². The summed E-state index contributed by atoms with van der Waals surface area (Å²) in [6.45, 7) is 6.41. The molecule has 0 bridgehead atoms. The molecule has 5 heteroatoms. The first-order chi connectivity index (χ1) is 8.27. The predicted molar refractivity (Wildman–Crippen MR) is 65.6 cm³/mol. The SMILES string of the molecule is Cc1nccn1CCCC(=O)N1CCNCC1. The summed E-state index contributed by atoms with van der Waals surface area (Å²) in [5.41, 5.74) is 0. The molecule has 5 nitrogen and oxygen atoms in total. The topological polar surface area (TPSA) is 50.2 Å². The highest BCUT2D eigenvalue weighted by Crippen LogP contribution is 2.03. The van der Waals surface area contributed by atoms with Crippen LogP contribution >= 0.6 is 0 Å². The van der Waals surface area contributed by atoms with Gasteiger partial charge in [-0.05, 0) is 13.3 Å². The molecular formula is C12H20N4O. The monoisotopic (exact) mass is 236 g/mol. The molecule has 94 valence electrons. The normalized spacial score (nSPS) is 16.2. The van der Waals surface area contributed by atoms with Gasteiger partial charge < -0.3 is 14.8 Å². The van der Waals surface area contributed by atoms with Crippen molar-refractivity contribution in [2.45, 2.75) is 26.3 Å². The van der Waals surface area contributed by atoms with E-state index in [-0.39, 0.29) is 5.91 Å². The molecule has 1 fully saturated rings. The first-order valence-corrected chi connectivity index (χ1v) is 6.23. The van der Waals surface area contributed by atoms with Crippen molar-refractivity contribution >= 4 is 5.91 Å². The van der Waals surface area contributed by atoms with Gasteiger partial charge in [0.05, 0.1) is 0 Å². The minimum Gasteiger partial charge on any atom is -0.340 e. The molecule has 17 heavy (non-hydrogen) atoms. The number of rotatable bonds is 4. The van der Waals surface area contributed by atoms with Crippen LogP contribution < -0.4 is 5.32 Å². The van der Waals surface area contributed by atoms with Crippen molar-refractivity contribution < 1.29 is 4.79 Å². The second-order valence-electron chi connectivity index (χ2n) is 4.40. The summed E-state index contributed by atoms with van der Waals surface area (Å²) in [7, 11) is 0. The molecule has 1 aromatic rings. The maximum Gasteiger partial charge on any atom is 0.222 e. The van der Waals surface area contributed by atoms with Crippen LogP contribution in [0.4, 0.5) is 0 Å². The van der Waals surface area contributed by atoms with E-state index in [2.05, 4.69) is 14.9 Å². The Morgan fingerprint density at radius 1 is 1.47 bits per heavy atom. The fourth-order valence-electron chi connectivity index (χ4n) is 2.11. The van der Waals surface area contributed by atoms with Crippen molar-refractivity contribution in [1.29, 1.82) is 0 Å². The summed E-state index contributed by atoms with van der Waals surface area (Å²) in [5.74, 6) is 1.30. The third-order valence-corrected chi connectivity index (χ3v) is 3.18. The van der Waals surface area contributed by atoms with Crippen molar-refractivity contribution in [2.75, 3.05) is 26.2 Å². The highest BCUT2D eigenvalue weighted by molar-refractivity contribution is 5.76. The van der Waals surface area contributed by atoms with Gasteiger partial charge in [-0.15, -0.1) is 0 Å². The van der Waals surface area contributed by atoms with E-state index in [0.29, 0.717) is 6.42 Å². The number of amides is 1. The molecule has 0 saturated carbocycles. The number of nitrogens with zero attached hydrogens (tertiary/aromatic N) is 3. The largest absolute Gasteiger partial charge is 0.340 e. The van der Waals surface area contributed by atoms with Crippen molar-refractivity contribution in [2.24, 2.45) is 0 Å². The van der Waals surface area contributed by atoms with E-state index in [4.69, 9.17) is 0 Å². The van der Waals surface area contributed by atoms with Crippen LogP contribution in [0.15, 0.2) is 12.4 Å². The van der Waals surface area contributed by atoms with E-state index in [9.17, 15) is 4.79 Å². The zero-order valence-electron chi connectivity index (χ0n) is 10.4. The van der Waals surface area contributed by atoms with Crippen LogP contribution in [0.3, 0.4) is 0 Å². The molecule has 1 aromatic heterocycles. The van der Waals surface area contributed by atoms with Crippen molar-refractivity contribution in [3.63, 3.8) is 0 Å². The second kappa shape index (κ2) is 5.82. The summed E-state index contributed by atoms with van der Waals surface area (Å²) in [6.07, 6.45) is 5.29. The van der Waals surface area contributed by atoms with Gasteiger partial charge in [0.25, 0.3) is 0 Å². The molecule has 0 spiro atoms. The molecule has 1 aliphatic rings. The number of aromatic nitrogens is 2. The van der Waals surface area contributed by atoms with Crippen molar-refractivity contribution in [3.8, 4) is 0 Å². The maximum atomic E-state index is 11.9. The Kier molecular flexibility index (Phi) is 4.14. The van der Waals surface area contributed by atoms with Crippen LogP contribution in [0.5, 0.6) is 0 Å². The molecule has 0 unspecified atom stereocenters. The summed E-state index contributed by atoms with van der Waals surface area (Å²) in [4.78, 5) is 18.0. The first kappa shape index (κ1) is 12.1. The van der Waals surface area contributed by atoms with Crippen molar-refractivity contribution in [1.82, 2.24) is 19.8 Å². The summed E-state index contributed by atoms with van der Waals surface area (Å²) in [5, 5.41) is 3.25. The summed E-state index contributed by atoms with van der Waals surface area (Å²) in [6, 6.07) is 0. The lowest BCUT2D eigenvalue weighted by atomic mass is 10.2. The van der Waals surface area contributed by atoms with E-state index in [1.54, 1.807) is 6.20 Å². The van der Waals surface area contributed by atoms with E-state index < -0.39 is 0 Å². The Balaban J connectivity index is 1.71. The fraction of sp³-hybridized carbons (Fsp3) is 0.667. The molecule has 0 atom stereocenters. The number of hydrogen-bond acceptors (Lipinski definition) is 3. The molecule has 1 N–H and O–H groups in total. The number of nitrogens with one attached hydrogen (secondary N) is 1. The second-order valence-corrected chi connectivity index (χ2v) is 4.40. The number of aryl methyl sites for hydroxylation is 2. The average Bonchev–Trinajstić information content (AvgIpc) is 2.76. The maximum absolute atomic E-state index is 11.9. The van der Waals surface area contributed by atoms with E-state index in [0.717, 1.165) is 45.0 Å². The Morgan fingerprint density at radius 2 is 2.24 bits per heavy atom. The van der Waals surface area contributed by atoms with Crippen LogP contribution in [0, 0.1) is 6.92 Å². The highest BCUT2D eigenvalue weighted by atomic mass is 16.2. The number of imidazole rings is 1. The number of carbonyl (C=O) groups is 1. The van der Waals surface area contributed by atoms with Gasteiger partial charge in [-0.25, -0.2) is 4.98 Å². The van der Waals surface area contributed by atoms with Gasteiger partial charge in [-0.2, -0.15) is 0 Å². The molecule has 1 aliphatic heterocycles. The lowest BCUT2D eigenvalue weighted by Crippen LogP contribution is -2.46. The predicted octanol–water partition coefficient (Wildman–Crippen LogP) is 0.404.